The van der Waals surface area contributed by atoms with Crippen molar-refractivity contribution in [3.8, 4) is 0 Å². The van der Waals surface area contributed by atoms with Crippen LogP contribution in [0.4, 0.5) is 0 Å². The van der Waals surface area contributed by atoms with Gasteiger partial charge in [0.05, 0.1) is 0 Å². The molecule has 0 saturated carbocycles. The van der Waals surface area contributed by atoms with E-state index in [-0.39, 0.29) is 0 Å². The topological polar surface area (TPSA) is 0 Å². The Morgan fingerprint density at radius 3 is 2.55 bits per heavy atom. The van der Waals surface area contributed by atoms with E-state index in [0.29, 0.717) is 4.71 Å². The monoisotopic (exact) mass is 274 g/mol. The Labute approximate surface area is 85.0 Å². The van der Waals surface area contributed by atoms with E-state index in [1.165, 1.54) is 15.6 Å². The van der Waals surface area contributed by atoms with Crippen LogP contribution in [0.2, 0.25) is 0 Å². The van der Waals surface area contributed by atoms with Gasteiger partial charge in [-0.15, -0.1) is 0 Å². The Bertz CT molecular complexity index is 256. The molecule has 0 aliphatic rings. The van der Waals surface area contributed by atoms with Gasteiger partial charge in [0, 0.05) is 0 Å². The van der Waals surface area contributed by atoms with Gasteiger partial charge in [0.2, 0.25) is 0 Å². The van der Waals surface area contributed by atoms with Crippen molar-refractivity contribution in [2.75, 3.05) is 0 Å². The summed E-state index contributed by atoms with van der Waals surface area (Å²) in [5.74, 6) is 0. The number of hydrogen-bond donors (Lipinski definition) is 0. The van der Waals surface area contributed by atoms with Gasteiger partial charge in [-0.2, -0.15) is 0 Å². The van der Waals surface area contributed by atoms with E-state index in [9.17, 15) is 0 Å². The van der Waals surface area contributed by atoms with Crippen LogP contribution in [0.1, 0.15) is 22.8 Å². The third-order valence-electron chi connectivity index (χ3n) is 1.72. The van der Waals surface area contributed by atoms with Gasteiger partial charge in [0.25, 0.3) is 0 Å². The van der Waals surface area contributed by atoms with Crippen molar-refractivity contribution in [3.63, 3.8) is 0 Å². The summed E-state index contributed by atoms with van der Waals surface area (Å²) in [5.41, 5.74) is 2.85. The molecule has 60 valence electrons. The maximum absolute atomic E-state index is 3.45. The van der Waals surface area contributed by atoms with Crippen LogP contribution in [0.5, 0.6) is 0 Å². The van der Waals surface area contributed by atoms with Crippen molar-refractivity contribution < 1.29 is 0 Å². The molecular weight excluding hydrogens is 263 g/mol. The van der Waals surface area contributed by atoms with Crippen LogP contribution in [0.25, 0.3) is 0 Å². The molecule has 2 heteroatoms. The molecule has 11 heavy (non-hydrogen) atoms. The molecule has 0 amide bonds. The van der Waals surface area contributed by atoms with Crippen molar-refractivity contribution in [2.24, 2.45) is 0 Å². The molecular formula is C9H12AsBr. The van der Waals surface area contributed by atoms with E-state index in [1.54, 1.807) is 16.9 Å². The average molecular weight is 275 g/mol. The Hall–Kier alpha value is 0.258. The number of aryl methyl sites for hydroxylation is 1. The van der Waals surface area contributed by atoms with Crippen LogP contribution in [0.3, 0.4) is 0 Å². The summed E-state index contributed by atoms with van der Waals surface area (Å²) in [6.07, 6.45) is 0. The quantitative estimate of drug-likeness (QED) is 0.691. The Kier molecular flexibility index (Phi) is 3.21. The summed E-state index contributed by atoms with van der Waals surface area (Å²) < 4.78 is 1.86. The molecule has 1 aromatic carbocycles. The van der Waals surface area contributed by atoms with E-state index < -0.39 is 0 Å². The zero-order valence-corrected chi connectivity index (χ0v) is 10.8. The van der Waals surface area contributed by atoms with Gasteiger partial charge in [-0.05, 0) is 0 Å². The van der Waals surface area contributed by atoms with E-state index >= 15 is 0 Å². The third-order valence-corrected chi connectivity index (χ3v) is 2.97. The third kappa shape index (κ3) is 2.35. The summed E-state index contributed by atoms with van der Waals surface area (Å²) in [7, 11) is 0. The van der Waals surface area contributed by atoms with Crippen LogP contribution in [-0.2, 0) is 0 Å². The number of hydrogen-bond acceptors (Lipinski definition) is 0. The second-order valence-electron chi connectivity index (χ2n) is 2.79. The van der Waals surface area contributed by atoms with Crippen molar-refractivity contribution in [2.45, 2.75) is 18.6 Å². The first kappa shape index (κ1) is 9.35. The van der Waals surface area contributed by atoms with E-state index in [1.807, 2.05) is 0 Å². The zero-order valence-electron chi connectivity index (χ0n) is 6.76. The molecule has 0 fully saturated rings. The zero-order chi connectivity index (χ0) is 8.43. The van der Waals surface area contributed by atoms with Crippen LogP contribution in [0.15, 0.2) is 22.7 Å². The van der Waals surface area contributed by atoms with Gasteiger partial charge in [-0.25, -0.2) is 0 Å². The van der Waals surface area contributed by atoms with Crippen LogP contribution in [0, 0.1) is 6.92 Å². The number of rotatable bonds is 1. The summed E-state index contributed by atoms with van der Waals surface area (Å²) in [5, 5.41) is 0. The molecule has 0 N–H and O–H groups in total. The minimum absolute atomic E-state index is 0.690. The Morgan fingerprint density at radius 1 is 1.45 bits per heavy atom. The van der Waals surface area contributed by atoms with Crippen molar-refractivity contribution >= 4 is 32.8 Å². The van der Waals surface area contributed by atoms with Gasteiger partial charge < -0.3 is 0 Å². The molecule has 0 aliphatic carbocycles. The fourth-order valence-corrected chi connectivity index (χ4v) is 2.41. The molecule has 1 aromatic rings. The molecule has 1 rings (SSSR count). The number of benzene rings is 1. The molecule has 0 spiro atoms. The first-order valence-electron chi connectivity index (χ1n) is 3.63. The van der Waals surface area contributed by atoms with Crippen molar-refractivity contribution in [1.82, 2.24) is 0 Å². The first-order chi connectivity index (χ1) is 5.11. The molecule has 2 unspecified atom stereocenters. The van der Waals surface area contributed by atoms with Crippen LogP contribution < -0.4 is 0 Å². The molecule has 2 atom stereocenters. The Balaban J connectivity index is 3.09. The predicted octanol–water partition coefficient (Wildman–Crippen LogP) is 2.45. The predicted molar refractivity (Wildman–Crippen MR) is 55.8 cm³/mol. The normalized spacial score (nSPS) is 13.1. The molecule has 0 bridgehead atoms. The van der Waals surface area contributed by atoms with Gasteiger partial charge in [0.15, 0.2) is 0 Å². The summed E-state index contributed by atoms with van der Waals surface area (Å²) in [4.78, 5) is 0. The molecule has 0 nitrogen and oxygen atoms in total. The van der Waals surface area contributed by atoms with Gasteiger partial charge >= 0.3 is 85.1 Å². The maximum atomic E-state index is 3.45. The van der Waals surface area contributed by atoms with Crippen molar-refractivity contribution in [1.29, 1.82) is 0 Å². The van der Waals surface area contributed by atoms with Crippen LogP contribution in [-0.4, -0.2) is 16.9 Å². The van der Waals surface area contributed by atoms with Crippen LogP contribution >= 0.6 is 15.9 Å². The van der Waals surface area contributed by atoms with Gasteiger partial charge in [-0.1, -0.05) is 0 Å². The van der Waals surface area contributed by atoms with E-state index in [4.69, 9.17) is 0 Å². The number of halogens is 1. The fourth-order valence-electron chi connectivity index (χ4n) is 1.15. The molecule has 0 radical (unpaired) electrons. The average Bonchev–Trinajstić information content (AvgIpc) is 1.85. The van der Waals surface area contributed by atoms with E-state index in [0.717, 1.165) is 0 Å². The molecule has 0 aromatic heterocycles. The molecule has 0 heterocycles. The second kappa shape index (κ2) is 3.78. The van der Waals surface area contributed by atoms with E-state index in [2.05, 4.69) is 48.0 Å². The van der Waals surface area contributed by atoms with Gasteiger partial charge in [0.1, 0.15) is 0 Å². The fraction of sp³-hybridized carbons (Fsp3) is 0.333. The minimum atomic E-state index is 0.690. The van der Waals surface area contributed by atoms with Gasteiger partial charge in [-0.3, -0.25) is 0 Å². The summed E-state index contributed by atoms with van der Waals surface area (Å²) in [6.45, 7) is 4.41. The second-order valence-corrected chi connectivity index (χ2v) is 5.80. The molecule has 0 saturated heterocycles. The standard InChI is InChI=1S/C9H12AsBr/c1-6-5-8(11)3-4-9(6)7(2)10/h3-5,7H,10H2,1-2H3. The summed E-state index contributed by atoms with van der Waals surface area (Å²) in [6, 6.07) is 6.48. The SMILES string of the molecule is Cc1cc(Br)ccc1C(C)[AsH2]. The molecule has 0 aliphatic heterocycles. The Morgan fingerprint density at radius 2 is 2.09 bits per heavy atom. The van der Waals surface area contributed by atoms with Crippen molar-refractivity contribution in [3.05, 3.63) is 33.8 Å². The summed E-state index contributed by atoms with van der Waals surface area (Å²) >= 11 is 5.23. The first-order valence-corrected chi connectivity index (χ1v) is 5.82.